The van der Waals surface area contributed by atoms with Gasteiger partial charge in [-0.15, -0.1) is 35.3 Å². The predicted octanol–water partition coefficient (Wildman–Crippen LogP) is 4.49. The minimum absolute atomic E-state index is 0. The Balaban J connectivity index is 0.00000312. The summed E-state index contributed by atoms with van der Waals surface area (Å²) < 4.78 is 0. The highest BCUT2D eigenvalue weighted by Gasteiger charge is 2.06. The number of rotatable bonds is 8. The van der Waals surface area contributed by atoms with Crippen LogP contribution in [0.5, 0.6) is 0 Å². The lowest BCUT2D eigenvalue weighted by Gasteiger charge is -2.22. The molecule has 1 aromatic heterocycles. The molecule has 2 aromatic rings. The number of thiazole rings is 1. The van der Waals surface area contributed by atoms with Crippen molar-refractivity contribution in [3.05, 3.63) is 52.0 Å². The van der Waals surface area contributed by atoms with Gasteiger partial charge >= 0.3 is 0 Å². The van der Waals surface area contributed by atoms with Gasteiger partial charge in [0.15, 0.2) is 5.96 Å². The number of benzene rings is 1. The summed E-state index contributed by atoms with van der Waals surface area (Å²) in [5.41, 5.74) is 2.43. The van der Waals surface area contributed by atoms with Crippen molar-refractivity contribution in [3.63, 3.8) is 0 Å². The quantitative estimate of drug-likeness (QED) is 0.267. The van der Waals surface area contributed by atoms with Crippen molar-refractivity contribution in [2.45, 2.75) is 39.7 Å². The van der Waals surface area contributed by atoms with Crippen LogP contribution < -0.4 is 5.32 Å². The topological polar surface area (TPSA) is 40.5 Å². The fraction of sp³-hybridized carbons (Fsp3) is 0.474. The second-order valence-corrected chi connectivity index (χ2v) is 6.86. The van der Waals surface area contributed by atoms with Crippen LogP contribution >= 0.6 is 35.3 Å². The van der Waals surface area contributed by atoms with Gasteiger partial charge in [0, 0.05) is 37.8 Å². The molecular formula is C19H29IN4S. The number of nitrogens with one attached hydrogen (secondary N) is 1. The van der Waals surface area contributed by atoms with Crippen LogP contribution in [-0.2, 0) is 13.0 Å². The van der Waals surface area contributed by atoms with E-state index in [1.807, 2.05) is 6.07 Å². The monoisotopic (exact) mass is 472 g/mol. The lowest BCUT2D eigenvalue weighted by atomic mass is 10.2. The molecule has 138 valence electrons. The maximum Gasteiger partial charge on any atom is 0.193 e. The molecule has 25 heavy (non-hydrogen) atoms. The Morgan fingerprint density at radius 1 is 1.24 bits per heavy atom. The third-order valence-electron chi connectivity index (χ3n) is 3.69. The summed E-state index contributed by atoms with van der Waals surface area (Å²) in [6, 6.07) is 10.5. The van der Waals surface area contributed by atoms with Crippen LogP contribution in [0.4, 0.5) is 0 Å². The van der Waals surface area contributed by atoms with Crippen molar-refractivity contribution in [3.8, 4) is 0 Å². The summed E-state index contributed by atoms with van der Waals surface area (Å²) in [7, 11) is 2.09. The Kier molecular flexibility index (Phi) is 10.7. The lowest BCUT2D eigenvalue weighted by molar-refractivity contribution is 0.476. The Morgan fingerprint density at radius 3 is 2.64 bits per heavy atom. The first-order valence-electron chi connectivity index (χ1n) is 8.63. The first kappa shape index (κ1) is 21.9. The zero-order valence-corrected chi connectivity index (χ0v) is 18.5. The van der Waals surface area contributed by atoms with Gasteiger partial charge in [-0.3, -0.25) is 4.99 Å². The van der Waals surface area contributed by atoms with Gasteiger partial charge in [0.05, 0.1) is 5.01 Å². The van der Waals surface area contributed by atoms with Crippen molar-refractivity contribution in [1.29, 1.82) is 0 Å². The minimum atomic E-state index is 0. The van der Waals surface area contributed by atoms with E-state index in [1.54, 1.807) is 11.3 Å². The van der Waals surface area contributed by atoms with Crippen molar-refractivity contribution in [1.82, 2.24) is 15.2 Å². The molecule has 0 aliphatic rings. The Bertz CT molecular complexity index is 627. The number of halogens is 1. The molecule has 0 amide bonds. The summed E-state index contributed by atoms with van der Waals surface area (Å²) in [6.45, 7) is 6.76. The van der Waals surface area contributed by atoms with Gasteiger partial charge in [-0.2, -0.15) is 0 Å². The highest BCUT2D eigenvalue weighted by atomic mass is 127. The zero-order valence-electron chi connectivity index (χ0n) is 15.4. The predicted molar refractivity (Wildman–Crippen MR) is 119 cm³/mol. The summed E-state index contributed by atoms with van der Waals surface area (Å²) in [6.07, 6.45) is 3.29. The molecule has 0 aliphatic carbocycles. The number of hydrogen-bond acceptors (Lipinski definition) is 3. The molecule has 1 N–H and O–H groups in total. The Labute approximate surface area is 172 Å². The molecule has 1 aromatic carbocycles. The minimum Gasteiger partial charge on any atom is -0.357 e. The molecule has 0 saturated carbocycles. The standard InChI is InChI=1S/C19H28N4S.HI/c1-4-20-19(23(3)14-17-10-6-5-7-11-17)21-13-9-8-12-18-22-16(2)15-24-18;/h5-7,10-11,15H,4,8-9,12-14H2,1-3H3,(H,20,21);1H. The molecule has 0 unspecified atom stereocenters. The van der Waals surface area contributed by atoms with Gasteiger partial charge in [-0.25, -0.2) is 4.98 Å². The number of unbranched alkanes of at least 4 members (excludes halogenated alkanes) is 1. The summed E-state index contributed by atoms with van der Waals surface area (Å²) in [5.74, 6) is 0.978. The van der Waals surface area contributed by atoms with E-state index in [-0.39, 0.29) is 24.0 Å². The van der Waals surface area contributed by atoms with E-state index in [0.717, 1.165) is 50.6 Å². The molecule has 0 fully saturated rings. The first-order chi connectivity index (χ1) is 11.7. The third kappa shape index (κ3) is 8.18. The van der Waals surface area contributed by atoms with Crippen molar-refractivity contribution in [2.24, 2.45) is 4.99 Å². The Hall–Kier alpha value is -1.15. The molecule has 2 rings (SSSR count). The first-order valence-corrected chi connectivity index (χ1v) is 9.51. The van der Waals surface area contributed by atoms with Gasteiger partial charge in [0.2, 0.25) is 0 Å². The van der Waals surface area contributed by atoms with E-state index in [2.05, 4.69) is 65.7 Å². The molecule has 0 aliphatic heterocycles. The fourth-order valence-corrected chi connectivity index (χ4v) is 3.31. The van der Waals surface area contributed by atoms with E-state index >= 15 is 0 Å². The van der Waals surface area contributed by atoms with E-state index in [1.165, 1.54) is 10.6 Å². The van der Waals surface area contributed by atoms with Crippen LogP contribution in [0.3, 0.4) is 0 Å². The number of aromatic nitrogens is 1. The van der Waals surface area contributed by atoms with Crippen LogP contribution in [0, 0.1) is 6.92 Å². The average molecular weight is 472 g/mol. The molecule has 0 spiro atoms. The molecule has 4 nitrogen and oxygen atoms in total. The largest absolute Gasteiger partial charge is 0.357 e. The van der Waals surface area contributed by atoms with Gasteiger partial charge < -0.3 is 10.2 Å². The van der Waals surface area contributed by atoms with E-state index in [0.29, 0.717) is 0 Å². The van der Waals surface area contributed by atoms with Crippen molar-refractivity contribution >= 4 is 41.3 Å². The summed E-state index contributed by atoms with van der Waals surface area (Å²) in [5, 5.41) is 6.74. The maximum atomic E-state index is 4.76. The second kappa shape index (κ2) is 12.2. The summed E-state index contributed by atoms with van der Waals surface area (Å²) >= 11 is 1.76. The number of nitrogens with zero attached hydrogens (tertiary/aromatic N) is 3. The van der Waals surface area contributed by atoms with Gasteiger partial charge in [-0.1, -0.05) is 30.3 Å². The average Bonchev–Trinajstić information content (AvgIpc) is 3.00. The zero-order chi connectivity index (χ0) is 17.2. The third-order valence-corrected chi connectivity index (χ3v) is 4.71. The second-order valence-electron chi connectivity index (χ2n) is 5.92. The highest BCUT2D eigenvalue weighted by Crippen LogP contribution is 2.11. The number of aryl methyl sites for hydroxylation is 2. The van der Waals surface area contributed by atoms with Crippen molar-refractivity contribution in [2.75, 3.05) is 20.1 Å². The molecule has 1 heterocycles. The van der Waals surface area contributed by atoms with Crippen LogP contribution in [0.2, 0.25) is 0 Å². The van der Waals surface area contributed by atoms with Gasteiger partial charge in [0.25, 0.3) is 0 Å². The molecule has 0 radical (unpaired) electrons. The molecule has 0 atom stereocenters. The lowest BCUT2D eigenvalue weighted by Crippen LogP contribution is -2.38. The van der Waals surface area contributed by atoms with E-state index in [4.69, 9.17) is 4.99 Å². The molecule has 6 heteroatoms. The maximum absolute atomic E-state index is 4.76. The van der Waals surface area contributed by atoms with Gasteiger partial charge in [-0.05, 0) is 38.7 Å². The van der Waals surface area contributed by atoms with Crippen LogP contribution in [0.15, 0.2) is 40.7 Å². The smallest absolute Gasteiger partial charge is 0.193 e. The van der Waals surface area contributed by atoms with E-state index < -0.39 is 0 Å². The number of hydrogen-bond donors (Lipinski definition) is 1. The number of guanidine groups is 1. The van der Waals surface area contributed by atoms with Crippen molar-refractivity contribution < 1.29 is 0 Å². The number of aliphatic imine (C=N–C) groups is 1. The molecular weight excluding hydrogens is 443 g/mol. The van der Waals surface area contributed by atoms with Crippen LogP contribution in [0.1, 0.15) is 36.0 Å². The SMILES string of the molecule is CCNC(=NCCCCc1nc(C)cs1)N(C)Cc1ccccc1.I. The van der Waals surface area contributed by atoms with E-state index in [9.17, 15) is 0 Å². The van der Waals surface area contributed by atoms with Gasteiger partial charge in [0.1, 0.15) is 0 Å². The van der Waals surface area contributed by atoms with Crippen LogP contribution in [0.25, 0.3) is 0 Å². The van der Waals surface area contributed by atoms with Crippen LogP contribution in [-0.4, -0.2) is 36.0 Å². The Morgan fingerprint density at radius 2 is 2.00 bits per heavy atom. The highest BCUT2D eigenvalue weighted by molar-refractivity contribution is 14.0. The summed E-state index contributed by atoms with van der Waals surface area (Å²) in [4.78, 5) is 11.5. The fourth-order valence-electron chi connectivity index (χ4n) is 2.49. The normalized spacial score (nSPS) is 11.1. The molecule has 0 saturated heterocycles. The molecule has 0 bridgehead atoms.